The van der Waals surface area contributed by atoms with E-state index in [1.165, 1.54) is 6.07 Å². The van der Waals surface area contributed by atoms with E-state index in [-0.39, 0.29) is 0 Å². The van der Waals surface area contributed by atoms with E-state index in [9.17, 15) is 23.1 Å². The van der Waals surface area contributed by atoms with Gasteiger partial charge in [0, 0.05) is 4.90 Å². The highest BCUT2D eigenvalue weighted by Crippen LogP contribution is 2.41. The maximum atomic E-state index is 12.3. The zero-order valence-electron chi connectivity index (χ0n) is 8.91. The Hall–Kier alpha value is -1.88. The topological polar surface area (TPSA) is 70.3 Å². The van der Waals surface area contributed by atoms with Gasteiger partial charge in [0.1, 0.15) is 11.8 Å². The van der Waals surface area contributed by atoms with Crippen LogP contribution >= 0.6 is 11.8 Å². The van der Waals surface area contributed by atoms with Crippen molar-refractivity contribution in [1.29, 1.82) is 5.26 Å². The fourth-order valence-corrected chi connectivity index (χ4v) is 1.88. The summed E-state index contributed by atoms with van der Waals surface area (Å²) in [4.78, 5) is 10.7. The number of aromatic hydroxyl groups is 1. The highest BCUT2D eigenvalue weighted by atomic mass is 32.2. The predicted molar refractivity (Wildman–Crippen MR) is 56.1 cm³/mol. The molecule has 1 rings (SSSR count). The Kier molecular flexibility index (Phi) is 4.08. The number of ether oxygens (including phenoxy) is 1. The van der Waals surface area contributed by atoms with Crippen LogP contribution in [0.4, 0.5) is 13.2 Å². The number of phenolic OH excluding ortho intramolecular Hbond substituents is 1. The minimum absolute atomic E-state index is 0.447. The number of nitriles is 1. The Labute approximate surface area is 104 Å². The van der Waals surface area contributed by atoms with E-state index in [2.05, 4.69) is 4.74 Å². The van der Waals surface area contributed by atoms with E-state index >= 15 is 0 Å². The maximum Gasteiger partial charge on any atom is 0.446 e. The summed E-state index contributed by atoms with van der Waals surface area (Å²) in [6.45, 7) is 0. The minimum atomic E-state index is -4.66. The summed E-state index contributed by atoms with van der Waals surface area (Å²) in [6.07, 6.45) is 0. The first-order chi connectivity index (χ1) is 8.28. The second kappa shape index (κ2) is 5.18. The monoisotopic (exact) mass is 277 g/mol. The molecule has 0 aliphatic carbocycles. The summed E-state index contributed by atoms with van der Waals surface area (Å²) in [5.41, 5.74) is -5.61. The number of phenols is 1. The highest BCUT2D eigenvalue weighted by molar-refractivity contribution is 8.00. The molecule has 0 saturated carbocycles. The molecule has 1 aromatic rings. The van der Waals surface area contributed by atoms with Gasteiger partial charge in [-0.3, -0.25) is 0 Å². The van der Waals surface area contributed by atoms with Gasteiger partial charge in [-0.2, -0.15) is 18.4 Å². The highest BCUT2D eigenvalue weighted by Gasteiger charge is 2.33. The van der Waals surface area contributed by atoms with Gasteiger partial charge in [-0.1, -0.05) is 0 Å². The molecule has 0 fully saturated rings. The number of halogens is 3. The molecule has 0 aliphatic rings. The third-order valence-electron chi connectivity index (χ3n) is 1.82. The summed E-state index contributed by atoms with van der Waals surface area (Å²) in [5.74, 6) is -1.55. The lowest BCUT2D eigenvalue weighted by Crippen LogP contribution is -2.08. The predicted octanol–water partition coefficient (Wildman–Crippen LogP) is 2.66. The van der Waals surface area contributed by atoms with Crippen molar-refractivity contribution in [3.8, 4) is 11.8 Å². The second-order valence-electron chi connectivity index (χ2n) is 3.02. The number of thioether (sulfide) groups is 1. The van der Waals surface area contributed by atoms with E-state index in [1.54, 1.807) is 0 Å². The van der Waals surface area contributed by atoms with Gasteiger partial charge in [0.2, 0.25) is 0 Å². The molecule has 0 spiro atoms. The number of nitrogens with zero attached hydrogens (tertiary/aromatic N) is 1. The number of hydrogen-bond donors (Lipinski definition) is 1. The maximum absolute atomic E-state index is 12.3. The van der Waals surface area contributed by atoms with E-state index in [0.29, 0.717) is 0 Å². The number of hydrogen-bond acceptors (Lipinski definition) is 5. The number of rotatable bonds is 2. The third kappa shape index (κ3) is 3.30. The van der Waals surface area contributed by atoms with Crippen molar-refractivity contribution >= 4 is 17.7 Å². The summed E-state index contributed by atoms with van der Waals surface area (Å²) >= 11 is -0.603. The van der Waals surface area contributed by atoms with Crippen LogP contribution in [0.3, 0.4) is 0 Å². The first-order valence-corrected chi connectivity index (χ1v) is 5.21. The lowest BCUT2D eigenvalue weighted by molar-refractivity contribution is -0.0328. The Morgan fingerprint density at radius 3 is 2.56 bits per heavy atom. The number of methoxy groups -OCH3 is 1. The molecule has 0 amide bonds. The van der Waals surface area contributed by atoms with Gasteiger partial charge < -0.3 is 9.84 Å². The SMILES string of the molecule is COC(=O)c1cc(O)cc(C#N)c1SC(F)(F)F. The Bertz CT molecular complexity index is 522. The molecule has 1 aromatic carbocycles. The quantitative estimate of drug-likeness (QED) is 0.664. The lowest BCUT2D eigenvalue weighted by atomic mass is 10.1. The number of carbonyl (C=O) groups is 1. The van der Waals surface area contributed by atoms with Gasteiger partial charge in [0.05, 0.1) is 18.2 Å². The van der Waals surface area contributed by atoms with Crippen molar-refractivity contribution in [3.63, 3.8) is 0 Å². The van der Waals surface area contributed by atoms with Gasteiger partial charge in [-0.05, 0) is 23.9 Å². The van der Waals surface area contributed by atoms with Crippen LogP contribution in [0.2, 0.25) is 0 Å². The Morgan fingerprint density at radius 2 is 2.11 bits per heavy atom. The molecule has 0 aliphatic heterocycles. The normalized spacial score (nSPS) is 10.8. The molecule has 0 aromatic heterocycles. The fraction of sp³-hybridized carbons (Fsp3) is 0.200. The molecule has 0 saturated heterocycles. The lowest BCUT2D eigenvalue weighted by Gasteiger charge is -2.11. The summed E-state index contributed by atoms with van der Waals surface area (Å²) in [6, 6.07) is 3.16. The molecular formula is C10H6F3NO3S. The van der Waals surface area contributed by atoms with Crippen LogP contribution in [0.15, 0.2) is 17.0 Å². The van der Waals surface area contributed by atoms with Gasteiger partial charge in [-0.25, -0.2) is 4.79 Å². The van der Waals surface area contributed by atoms with Crippen molar-refractivity contribution in [2.75, 3.05) is 7.11 Å². The number of benzene rings is 1. The van der Waals surface area contributed by atoms with Gasteiger partial charge in [-0.15, -0.1) is 0 Å². The average molecular weight is 277 g/mol. The molecular weight excluding hydrogens is 271 g/mol. The van der Waals surface area contributed by atoms with Crippen LogP contribution in [-0.4, -0.2) is 23.7 Å². The smallest absolute Gasteiger partial charge is 0.446 e. The van der Waals surface area contributed by atoms with Crippen molar-refractivity contribution < 1.29 is 27.8 Å². The van der Waals surface area contributed by atoms with Crippen LogP contribution in [0.5, 0.6) is 5.75 Å². The van der Waals surface area contributed by atoms with Gasteiger partial charge in [0.15, 0.2) is 0 Å². The molecule has 8 heteroatoms. The van der Waals surface area contributed by atoms with E-state index < -0.39 is 45.0 Å². The van der Waals surface area contributed by atoms with Gasteiger partial charge >= 0.3 is 11.5 Å². The van der Waals surface area contributed by atoms with E-state index in [4.69, 9.17) is 5.26 Å². The van der Waals surface area contributed by atoms with Crippen LogP contribution in [-0.2, 0) is 4.74 Å². The van der Waals surface area contributed by atoms with E-state index in [0.717, 1.165) is 19.2 Å². The first-order valence-electron chi connectivity index (χ1n) is 4.39. The fourth-order valence-electron chi connectivity index (χ4n) is 1.18. The number of esters is 1. The van der Waals surface area contributed by atoms with Gasteiger partial charge in [0.25, 0.3) is 0 Å². The standard InChI is InChI=1S/C10H6F3NO3S/c1-17-9(16)7-3-6(15)2-5(4-14)8(7)18-10(11,12)13/h2-3,15H,1H3. The summed E-state index contributed by atoms with van der Waals surface area (Å²) in [7, 11) is 0.987. The molecule has 4 nitrogen and oxygen atoms in total. The van der Waals surface area contributed by atoms with Crippen molar-refractivity contribution in [2.45, 2.75) is 10.4 Å². The number of alkyl halides is 3. The number of carbonyl (C=O) groups excluding carboxylic acids is 1. The summed E-state index contributed by atoms with van der Waals surface area (Å²) < 4.78 is 41.3. The molecule has 0 atom stereocenters. The Balaban J connectivity index is 3.44. The molecule has 0 heterocycles. The van der Waals surface area contributed by atoms with Crippen molar-refractivity contribution in [1.82, 2.24) is 0 Å². The third-order valence-corrected chi connectivity index (χ3v) is 2.69. The average Bonchev–Trinajstić information content (AvgIpc) is 2.28. The molecule has 0 bridgehead atoms. The van der Waals surface area contributed by atoms with Crippen LogP contribution < -0.4 is 0 Å². The molecule has 0 unspecified atom stereocenters. The molecule has 18 heavy (non-hydrogen) atoms. The molecule has 0 radical (unpaired) electrons. The van der Waals surface area contributed by atoms with E-state index in [1.807, 2.05) is 0 Å². The van der Waals surface area contributed by atoms with Crippen LogP contribution in [0.25, 0.3) is 0 Å². The zero-order valence-corrected chi connectivity index (χ0v) is 9.72. The second-order valence-corrected chi connectivity index (χ2v) is 4.10. The van der Waals surface area contributed by atoms with Crippen molar-refractivity contribution in [2.24, 2.45) is 0 Å². The first kappa shape index (κ1) is 14.2. The Morgan fingerprint density at radius 1 is 1.50 bits per heavy atom. The zero-order chi connectivity index (χ0) is 13.9. The summed E-state index contributed by atoms with van der Waals surface area (Å²) in [5, 5.41) is 18.0. The van der Waals surface area contributed by atoms with Crippen LogP contribution in [0.1, 0.15) is 15.9 Å². The molecule has 1 N–H and O–H groups in total. The van der Waals surface area contributed by atoms with Crippen molar-refractivity contribution in [3.05, 3.63) is 23.3 Å². The molecule has 96 valence electrons. The van der Waals surface area contributed by atoms with Crippen LogP contribution in [0, 0.1) is 11.3 Å². The largest absolute Gasteiger partial charge is 0.508 e. The minimum Gasteiger partial charge on any atom is -0.508 e.